The summed E-state index contributed by atoms with van der Waals surface area (Å²) in [5, 5.41) is 18.4. The Labute approximate surface area is 122 Å². The first-order chi connectivity index (χ1) is 10.3. The van der Waals surface area contributed by atoms with E-state index in [9.17, 15) is 5.11 Å². The topological polar surface area (TPSA) is 66.2 Å². The third-order valence-corrected chi connectivity index (χ3v) is 3.23. The molecular formula is C17H14N2O2. The molecule has 0 atom stereocenters. The van der Waals surface area contributed by atoms with E-state index in [0.717, 1.165) is 28.1 Å². The van der Waals surface area contributed by atoms with E-state index in [1.165, 1.54) is 0 Å². The molecule has 4 nitrogen and oxygen atoms in total. The second-order valence-corrected chi connectivity index (χ2v) is 4.69. The van der Waals surface area contributed by atoms with E-state index < -0.39 is 0 Å². The van der Waals surface area contributed by atoms with Gasteiger partial charge in [-0.15, -0.1) is 0 Å². The molecule has 3 aromatic rings. The third-order valence-electron chi connectivity index (χ3n) is 3.23. The van der Waals surface area contributed by atoms with E-state index in [4.69, 9.17) is 5.11 Å². The lowest BCUT2D eigenvalue weighted by atomic mass is 10.1. The van der Waals surface area contributed by atoms with E-state index >= 15 is 0 Å². The highest BCUT2D eigenvalue weighted by atomic mass is 16.3. The highest BCUT2D eigenvalue weighted by Gasteiger charge is 2.04. The Balaban J connectivity index is 1.97. The highest BCUT2D eigenvalue weighted by Crippen LogP contribution is 2.23. The molecule has 4 heteroatoms. The summed E-state index contributed by atoms with van der Waals surface area (Å²) in [5.74, 6) is 0.224. The average molecular weight is 278 g/mol. The lowest BCUT2D eigenvalue weighted by molar-refractivity contribution is 0.282. The molecule has 0 aliphatic carbocycles. The predicted octanol–water partition coefficient (Wildman–Crippen LogP) is 3.01. The van der Waals surface area contributed by atoms with Crippen LogP contribution in [-0.2, 0) is 6.61 Å². The molecule has 0 unspecified atom stereocenters. The second kappa shape index (κ2) is 5.73. The summed E-state index contributed by atoms with van der Waals surface area (Å²) in [4.78, 5) is 8.82. The summed E-state index contributed by atoms with van der Waals surface area (Å²) in [6.07, 6.45) is 3.40. The summed E-state index contributed by atoms with van der Waals surface area (Å²) in [7, 11) is 0. The van der Waals surface area contributed by atoms with Gasteiger partial charge in [0.1, 0.15) is 5.75 Å². The van der Waals surface area contributed by atoms with Gasteiger partial charge >= 0.3 is 0 Å². The molecule has 0 spiro atoms. The van der Waals surface area contributed by atoms with Crippen molar-refractivity contribution in [3.63, 3.8) is 0 Å². The average Bonchev–Trinajstić information content (AvgIpc) is 2.56. The van der Waals surface area contributed by atoms with Crippen molar-refractivity contribution >= 4 is 0 Å². The first kappa shape index (κ1) is 13.3. The summed E-state index contributed by atoms with van der Waals surface area (Å²) in [6, 6.07) is 14.4. The fourth-order valence-corrected chi connectivity index (χ4v) is 2.06. The molecule has 0 fully saturated rings. The Morgan fingerprint density at radius 1 is 0.762 bits per heavy atom. The number of aromatic nitrogens is 2. The number of aliphatic hydroxyl groups excluding tert-OH is 1. The molecule has 0 aliphatic heterocycles. The van der Waals surface area contributed by atoms with Crippen LogP contribution in [0.1, 0.15) is 5.56 Å². The first-order valence-electron chi connectivity index (χ1n) is 6.58. The van der Waals surface area contributed by atoms with E-state index in [1.54, 1.807) is 36.7 Å². The van der Waals surface area contributed by atoms with Gasteiger partial charge in [-0.05, 0) is 29.8 Å². The Hall–Kier alpha value is -2.72. The zero-order valence-corrected chi connectivity index (χ0v) is 11.3. The van der Waals surface area contributed by atoms with Crippen LogP contribution >= 0.6 is 0 Å². The van der Waals surface area contributed by atoms with Crippen molar-refractivity contribution in [2.45, 2.75) is 6.61 Å². The molecule has 1 heterocycles. The molecule has 0 radical (unpaired) electrons. The van der Waals surface area contributed by atoms with Gasteiger partial charge in [-0.25, -0.2) is 4.98 Å². The summed E-state index contributed by atoms with van der Waals surface area (Å²) in [5.41, 5.74) is 4.22. The monoisotopic (exact) mass is 278 g/mol. The number of benzene rings is 2. The lowest BCUT2D eigenvalue weighted by Gasteiger charge is -2.05. The second-order valence-electron chi connectivity index (χ2n) is 4.69. The molecule has 104 valence electrons. The van der Waals surface area contributed by atoms with E-state index in [0.29, 0.717) is 0 Å². The number of phenolic OH excluding ortho intramolecular Hbond substituents is 1. The number of hydrogen-bond donors (Lipinski definition) is 2. The van der Waals surface area contributed by atoms with Crippen LogP contribution < -0.4 is 0 Å². The van der Waals surface area contributed by atoms with E-state index in [2.05, 4.69) is 9.97 Å². The molecule has 2 aromatic carbocycles. The minimum absolute atomic E-state index is 0.0273. The smallest absolute Gasteiger partial charge is 0.115 e. The maximum absolute atomic E-state index is 9.33. The largest absolute Gasteiger partial charge is 0.508 e. The fourth-order valence-electron chi connectivity index (χ4n) is 2.06. The number of aliphatic hydroxyl groups is 1. The van der Waals surface area contributed by atoms with E-state index in [-0.39, 0.29) is 12.4 Å². The molecule has 0 saturated carbocycles. The molecular weight excluding hydrogens is 264 g/mol. The van der Waals surface area contributed by atoms with Crippen LogP contribution in [0.4, 0.5) is 0 Å². The van der Waals surface area contributed by atoms with Crippen LogP contribution in [0, 0.1) is 0 Å². The van der Waals surface area contributed by atoms with Crippen LogP contribution in [0.15, 0.2) is 60.9 Å². The van der Waals surface area contributed by atoms with Gasteiger partial charge in [-0.2, -0.15) is 0 Å². The van der Waals surface area contributed by atoms with Gasteiger partial charge in [0.2, 0.25) is 0 Å². The van der Waals surface area contributed by atoms with Crippen molar-refractivity contribution in [3.8, 4) is 28.3 Å². The predicted molar refractivity (Wildman–Crippen MR) is 80.5 cm³/mol. The molecule has 21 heavy (non-hydrogen) atoms. The van der Waals surface area contributed by atoms with E-state index in [1.807, 2.05) is 24.3 Å². The SMILES string of the molecule is OCc1ccc(-c2cncc(-c3ccc(O)cc3)n2)cc1. The Bertz CT molecular complexity index is 737. The number of hydrogen-bond acceptors (Lipinski definition) is 4. The number of phenols is 1. The normalized spacial score (nSPS) is 10.5. The summed E-state index contributed by atoms with van der Waals surface area (Å²) in [6.45, 7) is 0.0273. The molecule has 0 aliphatic rings. The van der Waals surface area contributed by atoms with Gasteiger partial charge in [-0.1, -0.05) is 24.3 Å². The van der Waals surface area contributed by atoms with Crippen molar-refractivity contribution in [2.24, 2.45) is 0 Å². The van der Waals surface area contributed by atoms with Gasteiger partial charge in [0.05, 0.1) is 30.4 Å². The van der Waals surface area contributed by atoms with Crippen LogP contribution in [-0.4, -0.2) is 20.2 Å². The molecule has 1 aromatic heterocycles. The maximum Gasteiger partial charge on any atom is 0.115 e. The molecule has 3 rings (SSSR count). The van der Waals surface area contributed by atoms with Crippen LogP contribution in [0.3, 0.4) is 0 Å². The zero-order chi connectivity index (χ0) is 14.7. The minimum atomic E-state index is 0.0273. The lowest BCUT2D eigenvalue weighted by Crippen LogP contribution is -1.90. The Morgan fingerprint density at radius 2 is 1.29 bits per heavy atom. The van der Waals surface area contributed by atoms with Crippen molar-refractivity contribution in [3.05, 3.63) is 66.5 Å². The third kappa shape index (κ3) is 2.90. The summed E-state index contributed by atoms with van der Waals surface area (Å²) >= 11 is 0. The summed E-state index contributed by atoms with van der Waals surface area (Å²) < 4.78 is 0. The number of nitrogens with zero attached hydrogens (tertiary/aromatic N) is 2. The van der Waals surface area contributed by atoms with Gasteiger partial charge < -0.3 is 10.2 Å². The number of rotatable bonds is 3. The molecule has 0 bridgehead atoms. The van der Waals surface area contributed by atoms with Crippen molar-refractivity contribution < 1.29 is 10.2 Å². The van der Waals surface area contributed by atoms with Crippen molar-refractivity contribution in [1.29, 1.82) is 0 Å². The molecule has 0 saturated heterocycles. The standard InChI is InChI=1S/C17H14N2O2/c20-11-12-1-3-13(4-2-12)16-9-18-10-17(19-16)14-5-7-15(21)8-6-14/h1-10,20-21H,11H2. The van der Waals surface area contributed by atoms with Gasteiger partial charge in [-0.3, -0.25) is 4.98 Å². The number of aromatic hydroxyl groups is 1. The van der Waals surface area contributed by atoms with Crippen LogP contribution in [0.25, 0.3) is 22.5 Å². The Morgan fingerprint density at radius 3 is 1.81 bits per heavy atom. The van der Waals surface area contributed by atoms with Crippen molar-refractivity contribution in [2.75, 3.05) is 0 Å². The molecule has 2 N–H and O–H groups in total. The first-order valence-corrected chi connectivity index (χ1v) is 6.58. The van der Waals surface area contributed by atoms with Gasteiger partial charge in [0.25, 0.3) is 0 Å². The Kier molecular flexibility index (Phi) is 3.62. The quantitative estimate of drug-likeness (QED) is 0.773. The van der Waals surface area contributed by atoms with Crippen molar-refractivity contribution in [1.82, 2.24) is 9.97 Å². The van der Waals surface area contributed by atoms with Crippen LogP contribution in [0.5, 0.6) is 5.75 Å². The van der Waals surface area contributed by atoms with Gasteiger partial charge in [0.15, 0.2) is 0 Å². The molecule has 0 amide bonds. The fraction of sp³-hybridized carbons (Fsp3) is 0.0588. The van der Waals surface area contributed by atoms with Crippen LogP contribution in [0.2, 0.25) is 0 Å². The highest BCUT2D eigenvalue weighted by molar-refractivity contribution is 5.65. The maximum atomic E-state index is 9.33. The minimum Gasteiger partial charge on any atom is -0.508 e. The zero-order valence-electron chi connectivity index (χ0n) is 11.3. The van der Waals surface area contributed by atoms with Gasteiger partial charge in [0, 0.05) is 11.1 Å².